The third kappa shape index (κ3) is 5.73. The summed E-state index contributed by atoms with van der Waals surface area (Å²) in [5.41, 5.74) is 0. The Kier molecular flexibility index (Phi) is 7.71. The van der Waals surface area contributed by atoms with E-state index in [0.717, 1.165) is 4.47 Å². The number of benzene rings is 4. The van der Waals surface area contributed by atoms with Gasteiger partial charge in [0.1, 0.15) is 0 Å². The topological polar surface area (TPSA) is 0 Å². The first kappa shape index (κ1) is 19.2. The molecule has 0 atom stereocenters. The van der Waals surface area contributed by atoms with E-state index in [-0.39, 0.29) is 4.70 Å². The molecule has 4 rings (SSSR count). The van der Waals surface area contributed by atoms with E-state index in [4.69, 9.17) is 0 Å². The maximum atomic E-state index is 3.50. The first-order valence-electron chi connectivity index (χ1n) is 7.74. The fourth-order valence-corrected chi connectivity index (χ4v) is 3.67. The summed E-state index contributed by atoms with van der Waals surface area (Å²) in [4.78, 5) is 2.57. The second-order valence-corrected chi connectivity index (χ2v) is 7.19. The largest absolute Gasteiger partial charge is 0.269 e. The van der Waals surface area contributed by atoms with E-state index in [0.29, 0.717) is 0 Å². The summed E-state index contributed by atoms with van der Waals surface area (Å²) in [5.74, 6) is 0. The minimum Gasteiger partial charge on any atom is -0.269 e. The van der Waals surface area contributed by atoms with Gasteiger partial charge in [0.15, 0.2) is 0 Å². The van der Waals surface area contributed by atoms with Crippen molar-refractivity contribution in [3.8, 4) is 0 Å². The summed E-state index contributed by atoms with van der Waals surface area (Å²) in [6.45, 7) is 0. The molecule has 3 heteroatoms. The lowest BCUT2D eigenvalue weighted by Gasteiger charge is -1.99. The van der Waals surface area contributed by atoms with E-state index in [1.807, 2.05) is 24.3 Å². The molecule has 0 aliphatic rings. The fraction of sp³-hybridized carbons (Fsp3) is 0. The van der Waals surface area contributed by atoms with Gasteiger partial charge in [-0.25, -0.2) is 0 Å². The van der Waals surface area contributed by atoms with Gasteiger partial charge in [-0.05, 0) is 41.1 Å². The van der Waals surface area contributed by atoms with Crippen LogP contribution >= 0.6 is 27.7 Å². The van der Waals surface area contributed by atoms with Crippen molar-refractivity contribution in [1.82, 2.24) is 0 Å². The highest BCUT2D eigenvalue weighted by Gasteiger charge is 1.94. The Morgan fingerprint density at radius 3 is 1.56 bits per heavy atom. The lowest BCUT2D eigenvalue weighted by atomic mass is 10.1. The van der Waals surface area contributed by atoms with Crippen molar-refractivity contribution in [3.63, 3.8) is 0 Å². The Balaban J connectivity index is 0.000000175. The molecular formula is C22H18BrFS. The lowest BCUT2D eigenvalue weighted by Crippen LogP contribution is -1.71. The van der Waals surface area contributed by atoms with Crippen molar-refractivity contribution in [1.29, 1.82) is 0 Å². The molecule has 0 N–H and O–H groups in total. The molecule has 0 fully saturated rings. The normalized spacial score (nSPS) is 9.64. The van der Waals surface area contributed by atoms with E-state index < -0.39 is 0 Å². The van der Waals surface area contributed by atoms with Crippen molar-refractivity contribution in [2.24, 2.45) is 0 Å². The molecule has 0 nitrogen and oxygen atoms in total. The Bertz CT molecular complexity index is 852. The fourth-order valence-electron chi connectivity index (χ4n) is 2.30. The number of halogens is 2. The van der Waals surface area contributed by atoms with Gasteiger partial charge in [-0.2, -0.15) is 0 Å². The molecule has 25 heavy (non-hydrogen) atoms. The average Bonchev–Trinajstić information content (AvgIpc) is 2.65. The van der Waals surface area contributed by atoms with E-state index in [1.54, 1.807) is 11.8 Å². The van der Waals surface area contributed by atoms with E-state index >= 15 is 0 Å². The van der Waals surface area contributed by atoms with Gasteiger partial charge in [0.2, 0.25) is 0 Å². The predicted octanol–water partition coefficient (Wildman–Crippen LogP) is 7.59. The van der Waals surface area contributed by atoms with Crippen LogP contribution in [0.15, 0.2) is 117 Å². The Labute approximate surface area is 160 Å². The molecule has 0 amide bonds. The van der Waals surface area contributed by atoms with Gasteiger partial charge < -0.3 is 0 Å². The van der Waals surface area contributed by atoms with E-state index in [2.05, 4.69) is 94.8 Å². The second-order valence-electron chi connectivity index (χ2n) is 5.19. The summed E-state index contributed by atoms with van der Waals surface area (Å²) in [7, 11) is 0. The highest BCUT2D eigenvalue weighted by molar-refractivity contribution is 9.10. The Morgan fingerprint density at radius 2 is 1.00 bits per heavy atom. The molecule has 0 aliphatic heterocycles. The van der Waals surface area contributed by atoms with Crippen LogP contribution in [0.25, 0.3) is 10.8 Å². The smallest absolute Gasteiger partial charge is 0.0253 e. The van der Waals surface area contributed by atoms with Crippen LogP contribution in [0.1, 0.15) is 0 Å². The van der Waals surface area contributed by atoms with Crippen LogP contribution < -0.4 is 0 Å². The van der Waals surface area contributed by atoms with E-state index in [1.165, 1.54) is 20.6 Å². The monoisotopic (exact) mass is 412 g/mol. The number of hydrogen-bond donors (Lipinski definition) is 0. The third-order valence-electron chi connectivity index (χ3n) is 3.46. The minimum atomic E-state index is 0. The van der Waals surface area contributed by atoms with Gasteiger partial charge in [-0.1, -0.05) is 100 Å². The zero-order valence-corrected chi connectivity index (χ0v) is 15.9. The lowest BCUT2D eigenvalue weighted by molar-refractivity contribution is 1.11. The number of hydrogen-bond acceptors (Lipinski definition) is 1. The molecule has 0 saturated carbocycles. The quantitative estimate of drug-likeness (QED) is 0.326. The highest BCUT2D eigenvalue weighted by Crippen LogP contribution is 2.26. The summed E-state index contributed by atoms with van der Waals surface area (Å²) in [5, 5.41) is 2.55. The molecule has 0 aliphatic carbocycles. The molecule has 4 aromatic rings. The van der Waals surface area contributed by atoms with Crippen molar-refractivity contribution in [2.45, 2.75) is 9.79 Å². The molecular weight excluding hydrogens is 395 g/mol. The van der Waals surface area contributed by atoms with Gasteiger partial charge in [-0.3, -0.25) is 4.70 Å². The van der Waals surface area contributed by atoms with E-state index in [9.17, 15) is 0 Å². The van der Waals surface area contributed by atoms with Crippen LogP contribution in [0.5, 0.6) is 0 Å². The van der Waals surface area contributed by atoms with Gasteiger partial charge in [0.05, 0.1) is 0 Å². The van der Waals surface area contributed by atoms with Crippen molar-refractivity contribution < 1.29 is 4.70 Å². The van der Waals surface area contributed by atoms with Crippen molar-refractivity contribution in [3.05, 3.63) is 108 Å². The standard InChI is InChI=1S/C12H10S.C10H7Br.FH/c1-3-7-11(8-4-1)13-12-9-5-2-6-10-12;11-10-7-3-5-8-4-1-2-6-9(8)10;/h1-10H;1-7H;1H. The van der Waals surface area contributed by atoms with Crippen LogP contribution in [-0.2, 0) is 0 Å². The predicted molar refractivity (Wildman–Crippen MR) is 111 cm³/mol. The zero-order valence-electron chi connectivity index (χ0n) is 13.5. The average molecular weight is 413 g/mol. The molecule has 0 spiro atoms. The summed E-state index contributed by atoms with van der Waals surface area (Å²) in [6.07, 6.45) is 0. The van der Waals surface area contributed by atoms with Crippen LogP contribution in [0.3, 0.4) is 0 Å². The van der Waals surface area contributed by atoms with Gasteiger partial charge in [-0.15, -0.1) is 0 Å². The molecule has 0 bridgehead atoms. The number of fused-ring (bicyclic) bond motifs is 1. The van der Waals surface area contributed by atoms with Crippen molar-refractivity contribution in [2.75, 3.05) is 0 Å². The molecule has 126 valence electrons. The first-order valence-corrected chi connectivity index (χ1v) is 9.35. The molecule has 0 aromatic heterocycles. The second kappa shape index (κ2) is 10.0. The summed E-state index contributed by atoms with van der Waals surface area (Å²) < 4.78 is 1.16. The van der Waals surface area contributed by atoms with Crippen LogP contribution in [0, 0.1) is 0 Å². The van der Waals surface area contributed by atoms with Crippen LogP contribution in [0.4, 0.5) is 4.70 Å². The number of rotatable bonds is 2. The SMILES string of the molecule is Brc1cccc2ccccc12.F.c1ccc(Sc2ccccc2)cc1. The van der Waals surface area contributed by atoms with Crippen LogP contribution in [0.2, 0.25) is 0 Å². The molecule has 0 radical (unpaired) electrons. The molecule has 0 saturated heterocycles. The first-order chi connectivity index (χ1) is 11.8. The zero-order chi connectivity index (χ0) is 16.6. The molecule has 4 aromatic carbocycles. The van der Waals surface area contributed by atoms with Gasteiger partial charge in [0, 0.05) is 14.3 Å². The Hall–Kier alpha value is -2.10. The third-order valence-corrected chi connectivity index (χ3v) is 5.17. The maximum Gasteiger partial charge on any atom is 0.0253 e. The summed E-state index contributed by atoms with van der Waals surface area (Å²) in [6, 6.07) is 35.3. The molecule has 0 unspecified atom stereocenters. The van der Waals surface area contributed by atoms with Crippen molar-refractivity contribution >= 4 is 38.5 Å². The minimum absolute atomic E-state index is 0. The molecule has 0 heterocycles. The maximum absolute atomic E-state index is 3.50. The van der Waals surface area contributed by atoms with Gasteiger partial charge in [0.25, 0.3) is 0 Å². The van der Waals surface area contributed by atoms with Crippen LogP contribution in [-0.4, -0.2) is 0 Å². The highest BCUT2D eigenvalue weighted by atomic mass is 79.9. The summed E-state index contributed by atoms with van der Waals surface area (Å²) >= 11 is 5.28. The Morgan fingerprint density at radius 1 is 0.520 bits per heavy atom. The van der Waals surface area contributed by atoms with Gasteiger partial charge >= 0.3 is 0 Å².